The number of hydrogen-bond acceptors (Lipinski definition) is 16. The fourth-order valence-corrected chi connectivity index (χ4v) is 16.4. The molecule has 0 spiro atoms. The predicted molar refractivity (Wildman–Crippen MR) is 433 cm³/mol. The van der Waals surface area contributed by atoms with Gasteiger partial charge in [0.1, 0.15) is 43.9 Å². The summed E-state index contributed by atoms with van der Waals surface area (Å²) >= 11 is 4.04. The van der Waals surface area contributed by atoms with Gasteiger partial charge in [-0.2, -0.15) is 19.2 Å². The second kappa shape index (κ2) is 35.4. The second-order valence-corrected chi connectivity index (χ2v) is 58.3. The van der Waals surface area contributed by atoms with Crippen molar-refractivity contribution in [3.8, 4) is 44.8 Å². The van der Waals surface area contributed by atoms with E-state index < -0.39 is 43.5 Å². The number of carbonyl (C=O) groups is 2. The highest BCUT2D eigenvalue weighted by molar-refractivity contribution is 9.10. The summed E-state index contributed by atoms with van der Waals surface area (Å²) in [6.45, 7) is 44.3. The number of carbonyl (C=O) groups excluding carboxylic acids is 2. The smallest absolute Gasteiger partial charge is 0.309 e. The Hall–Kier alpha value is -6.29. The molecule has 18 nitrogen and oxygen atoms in total. The van der Waals surface area contributed by atoms with Gasteiger partial charge in [0, 0.05) is 128 Å². The van der Waals surface area contributed by atoms with Gasteiger partial charge in [-0.15, -0.1) is 0 Å². The van der Waals surface area contributed by atoms with Crippen LogP contribution in [0.1, 0.15) is 116 Å². The third-order valence-electron chi connectivity index (χ3n) is 18.7. The van der Waals surface area contributed by atoms with Crippen molar-refractivity contribution in [3.63, 3.8) is 0 Å². The van der Waals surface area contributed by atoms with Gasteiger partial charge in [0.2, 0.25) is 0 Å². The molecule has 2 aliphatic rings. The fourth-order valence-electron chi connectivity index (χ4n) is 12.5. The molecule has 23 heteroatoms. The summed E-state index contributed by atoms with van der Waals surface area (Å²) in [5.41, 5.74) is 10.2. The summed E-state index contributed by atoms with van der Waals surface area (Å²) in [7, 11) is -5.08. The maximum absolute atomic E-state index is 13.0. The van der Waals surface area contributed by atoms with E-state index in [1.165, 1.54) is 0 Å². The van der Waals surface area contributed by atoms with Crippen LogP contribution in [-0.2, 0) is 38.0 Å². The van der Waals surface area contributed by atoms with E-state index in [0.717, 1.165) is 159 Å². The summed E-state index contributed by atoms with van der Waals surface area (Å²) in [6, 6.07) is 35.2. The molecule has 0 atom stereocenters. The van der Waals surface area contributed by atoms with Crippen LogP contribution in [0.3, 0.4) is 0 Å². The second-order valence-electron chi connectivity index (χ2n) is 35.0. The first-order valence-corrected chi connectivity index (χ1v) is 52.9. The van der Waals surface area contributed by atoms with Crippen LogP contribution in [0.4, 0.5) is 11.6 Å². The van der Waals surface area contributed by atoms with Crippen LogP contribution < -0.4 is 9.80 Å². The van der Waals surface area contributed by atoms with E-state index in [2.05, 4.69) is 159 Å². The van der Waals surface area contributed by atoms with Gasteiger partial charge in [0.15, 0.2) is 17.1 Å². The van der Waals surface area contributed by atoms with E-state index in [-0.39, 0.29) is 35.6 Å². The van der Waals surface area contributed by atoms with E-state index in [4.69, 9.17) is 58.6 Å². The molecule has 558 valence electrons. The van der Waals surface area contributed by atoms with Gasteiger partial charge >= 0.3 is 11.9 Å². The van der Waals surface area contributed by atoms with Crippen LogP contribution in [-0.4, -0.2) is 148 Å². The third-order valence-corrected chi connectivity index (χ3v) is 26.3. The fraction of sp³-hybridized carbons (Fsp3) is 0.550. The van der Waals surface area contributed by atoms with Crippen LogP contribution in [0.5, 0.6) is 0 Å². The quantitative estimate of drug-likeness (QED) is 0.0179. The molecule has 103 heavy (non-hydrogen) atoms. The molecule has 0 amide bonds. The van der Waals surface area contributed by atoms with Crippen LogP contribution in [0, 0.1) is 11.8 Å². The number of rotatable bonds is 30. The standard InChI is InChI=1S/C40H58BrN5O4Si2.C40H59N5O4Si2/c1-40(2,3)50-39(47)31-17-15-30(16-18-31)36-35(41)38(45(27-48-21-23-51(4,5)6)28-49-22-24-52(7,8)9)46-37(44-36)33(26-43-46)32-19-20-34(42-25-32)29-13-11-10-12-14-29;1-40(2,3)49-39(46)32-17-15-31(16-18-32)36-25-37(44(28-47-21-23-50(4,5)6)29-48-22-24-51(7,8)9)45-38(43-36)34(27-42-45)33-19-20-35(41-26-33)30-13-11-10-12-14-30/h10-14,19-20,25-26,30-31H,15-18,21-24,27-28H2,1-9H3;10-14,19-20,25-27,31-32H,15-18,21-24,28-29H2,1-9H3. The number of aromatic nitrogens is 8. The number of ether oxygens (including phenoxy) is 6. The summed E-state index contributed by atoms with van der Waals surface area (Å²) in [6.07, 6.45) is 14.1. The van der Waals surface area contributed by atoms with Crippen molar-refractivity contribution in [2.75, 3.05) is 63.2 Å². The first-order chi connectivity index (χ1) is 48.6. The molecule has 6 heterocycles. The zero-order chi connectivity index (χ0) is 74.5. The van der Waals surface area contributed by atoms with Crippen molar-refractivity contribution in [2.45, 2.75) is 219 Å². The molecule has 10 rings (SSSR count). The van der Waals surface area contributed by atoms with Crippen LogP contribution in [0.15, 0.2) is 120 Å². The Bertz CT molecular complexity index is 3970. The number of esters is 2. The predicted octanol–water partition coefficient (Wildman–Crippen LogP) is 19.8. The Balaban J connectivity index is 0.000000239. The number of hydrogen-bond donors (Lipinski definition) is 0. The van der Waals surface area contributed by atoms with Gasteiger partial charge in [-0.05, 0) is 145 Å². The highest BCUT2D eigenvalue weighted by Crippen LogP contribution is 2.44. The topological polar surface area (TPSA) is 182 Å². The van der Waals surface area contributed by atoms with Crippen LogP contribution >= 0.6 is 15.9 Å². The normalized spacial score (nSPS) is 17.1. The Morgan fingerprint density at radius 2 is 0.845 bits per heavy atom. The lowest BCUT2D eigenvalue weighted by Gasteiger charge is -2.32. The lowest BCUT2D eigenvalue weighted by molar-refractivity contribution is -0.162. The van der Waals surface area contributed by atoms with E-state index in [0.29, 0.717) is 53.4 Å². The number of anilines is 2. The van der Waals surface area contributed by atoms with Gasteiger partial charge < -0.3 is 38.2 Å². The first kappa shape index (κ1) is 80.8. The third kappa shape index (κ3) is 24.4. The lowest BCUT2D eigenvalue weighted by Crippen LogP contribution is -2.34. The van der Waals surface area contributed by atoms with Crippen LogP contribution in [0.25, 0.3) is 56.1 Å². The number of nitrogens with zero attached hydrogens (tertiary/aromatic N) is 10. The zero-order valence-electron chi connectivity index (χ0n) is 65.0. The van der Waals surface area contributed by atoms with E-state index >= 15 is 0 Å². The van der Waals surface area contributed by atoms with Crippen molar-refractivity contribution in [2.24, 2.45) is 11.8 Å². The highest BCUT2D eigenvalue weighted by Gasteiger charge is 2.36. The molecule has 0 saturated heterocycles. The molecule has 2 aromatic carbocycles. The molecule has 2 fully saturated rings. The molecule has 0 unspecified atom stereocenters. The minimum atomic E-state index is -1.28. The molecule has 0 aliphatic heterocycles. The summed E-state index contributed by atoms with van der Waals surface area (Å²) in [4.78, 5) is 50.6. The summed E-state index contributed by atoms with van der Waals surface area (Å²) in [5.74, 6) is 1.73. The largest absolute Gasteiger partial charge is 0.460 e. The average Bonchev–Trinajstić information content (AvgIpc) is 1.67. The van der Waals surface area contributed by atoms with Crippen molar-refractivity contribution in [1.29, 1.82) is 0 Å². The van der Waals surface area contributed by atoms with Gasteiger partial charge in [-0.25, -0.2) is 9.97 Å². The zero-order valence-corrected chi connectivity index (χ0v) is 70.6. The van der Waals surface area contributed by atoms with Crippen LogP contribution in [0.2, 0.25) is 103 Å². The molecular weight excluding hydrogens is 1420 g/mol. The SMILES string of the molecule is CC(C)(C)OC(=O)C1CCC(c2cc(N(COCC[Si](C)(C)C)COCC[Si](C)(C)C)n3ncc(-c4ccc(-c5ccccc5)nc4)c3n2)CC1.CC(C)(C)OC(=O)C1CCC(c2nc3c(-c4ccc(-c5ccccc5)nc4)cnn3c(N(COCC[Si](C)(C)C)COCC[Si](C)(C)C)c2Br)CC1. The Morgan fingerprint density at radius 3 is 1.22 bits per heavy atom. The number of fused-ring (bicyclic) bond motifs is 2. The van der Waals surface area contributed by atoms with Crippen molar-refractivity contribution in [3.05, 3.63) is 132 Å². The van der Waals surface area contributed by atoms with E-state index in [1.807, 2.05) is 112 Å². The van der Waals surface area contributed by atoms with Gasteiger partial charge in [0.25, 0.3) is 0 Å². The molecule has 0 N–H and O–H groups in total. The average molecular weight is 1540 g/mol. The van der Waals surface area contributed by atoms with Gasteiger partial charge in [-0.1, -0.05) is 151 Å². The van der Waals surface area contributed by atoms with Crippen molar-refractivity contribution < 1.29 is 38.0 Å². The number of benzene rings is 2. The van der Waals surface area contributed by atoms with Crippen molar-refractivity contribution >= 4 is 83.1 Å². The number of pyridine rings is 2. The monoisotopic (exact) mass is 1540 g/mol. The molecule has 2 aliphatic carbocycles. The maximum atomic E-state index is 13.0. The lowest BCUT2D eigenvalue weighted by atomic mass is 9.80. The summed E-state index contributed by atoms with van der Waals surface area (Å²) < 4.78 is 41.7. The molecule has 0 bridgehead atoms. The molecule has 8 aromatic rings. The Morgan fingerprint density at radius 1 is 0.466 bits per heavy atom. The van der Waals surface area contributed by atoms with Gasteiger partial charge in [-0.3, -0.25) is 19.6 Å². The molecule has 2 saturated carbocycles. The first-order valence-electron chi connectivity index (χ1n) is 37.3. The summed E-state index contributed by atoms with van der Waals surface area (Å²) in [5, 5.41) is 9.86. The molecule has 0 radical (unpaired) electrons. The highest BCUT2D eigenvalue weighted by atomic mass is 79.9. The van der Waals surface area contributed by atoms with E-state index in [9.17, 15) is 9.59 Å². The Kier molecular flexibility index (Phi) is 27.8. The minimum absolute atomic E-state index is 0.0839. The minimum Gasteiger partial charge on any atom is -0.460 e. The van der Waals surface area contributed by atoms with E-state index in [1.54, 1.807) is 0 Å². The van der Waals surface area contributed by atoms with Crippen molar-refractivity contribution in [1.82, 2.24) is 39.2 Å². The number of halogens is 1. The Labute approximate surface area is 626 Å². The van der Waals surface area contributed by atoms with Gasteiger partial charge in [0.05, 0.1) is 45.8 Å². The maximum Gasteiger partial charge on any atom is 0.309 e. The molecule has 6 aromatic heterocycles. The molecular formula is C80H117BrN10O8Si4.